The number of rotatable bonds is 8. The van der Waals surface area contributed by atoms with Gasteiger partial charge in [-0.1, -0.05) is 16.4 Å². The molecule has 1 aromatic carbocycles. The van der Waals surface area contributed by atoms with E-state index in [4.69, 9.17) is 9.37 Å². The normalized spacial score (nSPS) is 19.2. The second kappa shape index (κ2) is 11.6. The van der Waals surface area contributed by atoms with Gasteiger partial charge < -0.3 is 9.94 Å². The Bertz CT molecular complexity index is 1210. The molecule has 3 rings (SSSR count). The lowest BCUT2D eigenvalue weighted by Crippen LogP contribution is -2.47. The summed E-state index contributed by atoms with van der Waals surface area (Å²) >= 11 is 3.14. The number of carbonyl (C=O) groups excluding carboxylic acids is 1. The van der Waals surface area contributed by atoms with Gasteiger partial charge in [0.1, 0.15) is 22.8 Å². The van der Waals surface area contributed by atoms with Gasteiger partial charge in [-0.25, -0.2) is 18.5 Å². The van der Waals surface area contributed by atoms with E-state index in [9.17, 15) is 22.8 Å². The van der Waals surface area contributed by atoms with Gasteiger partial charge in [0.05, 0.1) is 4.47 Å². The van der Waals surface area contributed by atoms with Crippen molar-refractivity contribution in [3.8, 4) is 0 Å². The first-order chi connectivity index (χ1) is 16.8. The summed E-state index contributed by atoms with van der Waals surface area (Å²) in [6.45, 7) is 4.92. The molecule has 11 nitrogen and oxygen atoms in total. The van der Waals surface area contributed by atoms with E-state index in [0.29, 0.717) is 53.5 Å². The highest BCUT2D eigenvalue weighted by Crippen LogP contribution is 2.28. The van der Waals surface area contributed by atoms with Crippen LogP contribution in [0.3, 0.4) is 0 Å². The first-order valence-corrected chi connectivity index (χ1v) is 13.6. The summed E-state index contributed by atoms with van der Waals surface area (Å²) in [4.78, 5) is 11.8. The maximum atomic E-state index is 13.5. The number of hydrogen-bond donors (Lipinski definition) is 3. The number of nitrogens with one attached hydrogen (secondary N) is 2. The lowest BCUT2D eigenvalue weighted by atomic mass is 9.83. The van der Waals surface area contributed by atoms with Crippen molar-refractivity contribution < 1.29 is 32.2 Å². The minimum Gasteiger partial charge on any atom is -0.443 e. The van der Waals surface area contributed by atoms with Gasteiger partial charge in [0.2, 0.25) is 0 Å². The van der Waals surface area contributed by atoms with Crippen molar-refractivity contribution in [2.45, 2.75) is 70.9 Å². The van der Waals surface area contributed by atoms with Gasteiger partial charge in [-0.15, -0.1) is 0 Å². The minimum absolute atomic E-state index is 0.176. The van der Waals surface area contributed by atoms with E-state index in [1.54, 1.807) is 32.9 Å². The largest absolute Gasteiger partial charge is 0.443 e. The van der Waals surface area contributed by atoms with Crippen LogP contribution in [0.2, 0.25) is 0 Å². The van der Waals surface area contributed by atoms with Gasteiger partial charge in [-0.3, -0.25) is 0 Å². The van der Waals surface area contributed by atoms with E-state index in [1.165, 1.54) is 6.07 Å². The highest BCUT2D eigenvalue weighted by Gasteiger charge is 2.29. The van der Waals surface area contributed by atoms with Crippen molar-refractivity contribution in [1.82, 2.24) is 19.8 Å². The third-order valence-electron chi connectivity index (χ3n) is 5.57. The van der Waals surface area contributed by atoms with E-state index in [0.717, 1.165) is 0 Å². The number of benzene rings is 1. The molecule has 36 heavy (non-hydrogen) atoms. The summed E-state index contributed by atoms with van der Waals surface area (Å²) < 4.78 is 52.6. The van der Waals surface area contributed by atoms with Crippen LogP contribution in [0, 0.1) is 11.7 Å². The van der Waals surface area contributed by atoms with Crippen molar-refractivity contribution in [2.24, 2.45) is 11.1 Å². The SMILES string of the molecule is CC(C)(C)OC(=O)NS(=O)(=O)NC1CCC(Cc2nonc2/C(Cc2ccc(F)c(Br)c2)=N/O)CC1. The van der Waals surface area contributed by atoms with Crippen LogP contribution < -0.4 is 9.44 Å². The van der Waals surface area contributed by atoms with Gasteiger partial charge >= 0.3 is 16.3 Å². The molecule has 198 valence electrons. The molecule has 0 bridgehead atoms. The first kappa shape index (κ1) is 28.0. The molecule has 0 atom stereocenters. The number of aromatic nitrogens is 2. The van der Waals surface area contributed by atoms with Gasteiger partial charge in [-0.05, 0) is 97.6 Å². The van der Waals surface area contributed by atoms with Gasteiger partial charge in [0, 0.05) is 12.5 Å². The van der Waals surface area contributed by atoms with Crippen LogP contribution in [0.25, 0.3) is 0 Å². The number of hydrogen-bond acceptors (Lipinski definition) is 9. The molecule has 2 aromatic rings. The summed E-state index contributed by atoms with van der Waals surface area (Å²) in [6, 6.07) is 4.15. The molecule has 3 N–H and O–H groups in total. The fourth-order valence-corrected chi connectivity index (χ4v) is 5.41. The zero-order valence-electron chi connectivity index (χ0n) is 20.1. The average molecular weight is 590 g/mol. The van der Waals surface area contributed by atoms with Gasteiger partial charge in [-0.2, -0.15) is 13.1 Å². The van der Waals surface area contributed by atoms with Crippen molar-refractivity contribution >= 4 is 37.9 Å². The molecule has 0 aliphatic heterocycles. The quantitative estimate of drug-likeness (QED) is 0.238. The fraction of sp³-hybridized carbons (Fsp3) is 0.545. The van der Waals surface area contributed by atoms with E-state index < -0.39 is 27.7 Å². The molecule has 1 aliphatic rings. The average Bonchev–Trinajstić information content (AvgIpc) is 3.21. The maximum Gasteiger partial charge on any atom is 0.422 e. The number of amides is 1. The summed E-state index contributed by atoms with van der Waals surface area (Å²) in [6.07, 6.45) is 2.17. The Morgan fingerprint density at radius 2 is 1.97 bits per heavy atom. The molecule has 1 heterocycles. The molecule has 0 spiro atoms. The standard InChI is InChI=1S/C22H29BrFN5O6S/c1-22(2,3)34-21(30)29-36(32,33)28-15-7-4-13(5-8-15)11-19-20(27-35-26-19)18(25-31)12-14-6-9-17(24)16(23)10-14/h6,9-10,13,15,28,31H,4-5,7-8,11-12H2,1-3H3,(H,29,30)/b25-18+. The number of nitrogens with zero attached hydrogens (tertiary/aromatic N) is 3. The van der Waals surface area contributed by atoms with Crippen LogP contribution in [0.5, 0.6) is 0 Å². The summed E-state index contributed by atoms with van der Waals surface area (Å²) in [5.74, 6) is -0.223. The number of oxime groups is 1. The lowest BCUT2D eigenvalue weighted by molar-refractivity contribution is 0.0569. The molecule has 1 saturated carbocycles. The van der Waals surface area contributed by atoms with Crippen LogP contribution >= 0.6 is 15.9 Å². The number of carbonyl (C=O) groups is 1. The molecule has 1 aliphatic carbocycles. The van der Waals surface area contributed by atoms with Crippen molar-refractivity contribution in [1.29, 1.82) is 0 Å². The van der Waals surface area contributed by atoms with Gasteiger partial charge in [0.25, 0.3) is 0 Å². The Balaban J connectivity index is 1.55. The van der Waals surface area contributed by atoms with Crippen molar-refractivity contribution in [3.63, 3.8) is 0 Å². The molecule has 14 heteroatoms. The number of halogens is 2. The van der Waals surface area contributed by atoms with Gasteiger partial charge in [0.15, 0.2) is 5.69 Å². The number of ether oxygens (including phenoxy) is 1. The van der Waals surface area contributed by atoms with E-state index in [1.807, 2.05) is 4.72 Å². The first-order valence-electron chi connectivity index (χ1n) is 11.3. The van der Waals surface area contributed by atoms with Crippen molar-refractivity contribution in [2.75, 3.05) is 0 Å². The van der Waals surface area contributed by atoms with E-state index in [2.05, 4.69) is 36.1 Å². The molecular formula is C22H29BrFN5O6S. The Morgan fingerprint density at radius 3 is 2.58 bits per heavy atom. The highest BCUT2D eigenvalue weighted by molar-refractivity contribution is 9.10. The van der Waals surface area contributed by atoms with Crippen LogP contribution in [0.1, 0.15) is 63.4 Å². The molecule has 1 aromatic heterocycles. The molecule has 0 radical (unpaired) electrons. The Labute approximate surface area is 217 Å². The summed E-state index contributed by atoms with van der Waals surface area (Å²) in [7, 11) is -4.06. The molecular weight excluding hydrogens is 561 g/mol. The highest BCUT2D eigenvalue weighted by atomic mass is 79.9. The zero-order valence-corrected chi connectivity index (χ0v) is 22.5. The Hall–Kier alpha value is -2.58. The summed E-state index contributed by atoms with van der Waals surface area (Å²) in [5, 5.41) is 20.8. The van der Waals surface area contributed by atoms with Crippen LogP contribution in [-0.4, -0.2) is 47.4 Å². The molecule has 0 unspecified atom stereocenters. The minimum atomic E-state index is -4.06. The summed E-state index contributed by atoms with van der Waals surface area (Å²) in [5.41, 5.74) is 0.974. The second-order valence-electron chi connectivity index (χ2n) is 9.68. The van der Waals surface area contributed by atoms with E-state index >= 15 is 0 Å². The fourth-order valence-electron chi connectivity index (χ4n) is 3.98. The third-order valence-corrected chi connectivity index (χ3v) is 7.26. The smallest absolute Gasteiger partial charge is 0.422 e. The predicted molar refractivity (Wildman–Crippen MR) is 131 cm³/mol. The third kappa shape index (κ3) is 8.23. The molecule has 1 amide bonds. The van der Waals surface area contributed by atoms with Crippen LogP contribution in [0.4, 0.5) is 9.18 Å². The van der Waals surface area contributed by atoms with Crippen LogP contribution in [-0.2, 0) is 27.8 Å². The monoisotopic (exact) mass is 589 g/mol. The van der Waals surface area contributed by atoms with Crippen LogP contribution in [0.15, 0.2) is 32.5 Å². The van der Waals surface area contributed by atoms with E-state index in [-0.39, 0.29) is 24.1 Å². The molecule has 0 saturated heterocycles. The zero-order chi connectivity index (χ0) is 26.5. The Morgan fingerprint density at radius 1 is 1.28 bits per heavy atom. The Kier molecular flexibility index (Phi) is 9.06. The molecule has 1 fully saturated rings. The second-order valence-corrected chi connectivity index (χ2v) is 12.0. The van der Waals surface area contributed by atoms with Crippen molar-refractivity contribution in [3.05, 3.63) is 45.4 Å². The topological polar surface area (TPSA) is 156 Å². The lowest BCUT2D eigenvalue weighted by Gasteiger charge is -2.28. The maximum absolute atomic E-state index is 13.5. The predicted octanol–water partition coefficient (Wildman–Crippen LogP) is 3.85.